The Morgan fingerprint density at radius 2 is 1.11 bits per heavy atom. The van der Waals surface area contributed by atoms with E-state index in [1.807, 2.05) is 0 Å². The minimum Gasteiger partial charge on any atom is -0.464 e. The number of hydrogen-bond donors (Lipinski definition) is 0. The van der Waals surface area contributed by atoms with Crippen molar-refractivity contribution in [3.8, 4) is 0 Å². The number of rotatable bonds is 8. The highest BCUT2D eigenvalue weighted by Gasteiger charge is 2.35. The fourth-order valence-corrected chi connectivity index (χ4v) is 1.21. The van der Waals surface area contributed by atoms with Gasteiger partial charge in [0.25, 0.3) is 0 Å². The predicted octanol–water partition coefficient (Wildman–Crippen LogP) is 0.0444. The molecule has 0 aromatic carbocycles. The second-order valence-electron chi connectivity index (χ2n) is 3.62. The van der Waals surface area contributed by atoms with Crippen LogP contribution in [0.15, 0.2) is 0 Å². The van der Waals surface area contributed by atoms with Gasteiger partial charge in [0.2, 0.25) is 12.2 Å². The number of carbonyl (C=O) groups is 4. The van der Waals surface area contributed by atoms with Crippen molar-refractivity contribution in [2.45, 2.75) is 39.9 Å². The highest BCUT2D eigenvalue weighted by Crippen LogP contribution is 2.06. The normalized spacial score (nSPS) is 13.3. The first-order valence-corrected chi connectivity index (χ1v) is 5.84. The lowest BCUT2D eigenvalue weighted by Gasteiger charge is -2.18. The molecule has 7 heteroatoms. The Morgan fingerprint density at radius 1 is 0.789 bits per heavy atom. The number of ketones is 2. The van der Waals surface area contributed by atoms with Crippen LogP contribution in [-0.2, 0) is 33.4 Å². The molecule has 19 heavy (non-hydrogen) atoms. The highest BCUT2D eigenvalue weighted by atomic mass is 16.6. The van der Waals surface area contributed by atoms with Gasteiger partial charge in [0, 0.05) is 0 Å². The third-order valence-electron chi connectivity index (χ3n) is 2.01. The Kier molecular flexibility index (Phi) is 7.59. The van der Waals surface area contributed by atoms with E-state index in [1.54, 1.807) is 13.8 Å². The van der Waals surface area contributed by atoms with Crippen molar-refractivity contribution in [1.82, 2.24) is 0 Å². The van der Waals surface area contributed by atoms with Crippen LogP contribution in [0.4, 0.5) is 0 Å². The SMILES string of the molecule is CCOC(=O)C(OC(C(C)=O)C(=O)OCC)C(C)=O. The third kappa shape index (κ3) is 5.60. The maximum absolute atomic E-state index is 11.5. The molecular formula is C12H18O7. The van der Waals surface area contributed by atoms with Gasteiger partial charge in [-0.05, 0) is 27.7 Å². The van der Waals surface area contributed by atoms with Crippen molar-refractivity contribution in [1.29, 1.82) is 0 Å². The molecular weight excluding hydrogens is 256 g/mol. The number of esters is 2. The molecule has 0 aromatic heterocycles. The molecule has 0 spiro atoms. The first-order valence-electron chi connectivity index (χ1n) is 5.84. The maximum atomic E-state index is 11.5. The largest absolute Gasteiger partial charge is 0.464 e. The van der Waals surface area contributed by atoms with Gasteiger partial charge in [0.05, 0.1) is 13.2 Å². The van der Waals surface area contributed by atoms with Gasteiger partial charge in [-0.2, -0.15) is 0 Å². The average Bonchev–Trinajstić information content (AvgIpc) is 2.29. The van der Waals surface area contributed by atoms with Crippen molar-refractivity contribution in [2.24, 2.45) is 0 Å². The van der Waals surface area contributed by atoms with Crippen molar-refractivity contribution in [3.63, 3.8) is 0 Å². The topological polar surface area (TPSA) is 96.0 Å². The maximum Gasteiger partial charge on any atom is 0.343 e. The fourth-order valence-electron chi connectivity index (χ4n) is 1.21. The van der Waals surface area contributed by atoms with Crippen LogP contribution in [0.3, 0.4) is 0 Å². The minimum absolute atomic E-state index is 0.0517. The van der Waals surface area contributed by atoms with E-state index in [2.05, 4.69) is 9.47 Å². The molecule has 7 nitrogen and oxygen atoms in total. The zero-order valence-corrected chi connectivity index (χ0v) is 11.4. The van der Waals surface area contributed by atoms with Crippen LogP contribution in [0.2, 0.25) is 0 Å². The van der Waals surface area contributed by atoms with Crippen LogP contribution in [0, 0.1) is 0 Å². The molecule has 0 amide bonds. The Morgan fingerprint density at radius 3 is 1.32 bits per heavy atom. The van der Waals surface area contributed by atoms with Gasteiger partial charge in [-0.15, -0.1) is 0 Å². The lowest BCUT2D eigenvalue weighted by atomic mass is 10.2. The van der Waals surface area contributed by atoms with E-state index in [-0.39, 0.29) is 13.2 Å². The molecule has 2 atom stereocenters. The summed E-state index contributed by atoms with van der Waals surface area (Å²) in [7, 11) is 0. The van der Waals surface area contributed by atoms with Crippen LogP contribution < -0.4 is 0 Å². The molecule has 0 aliphatic carbocycles. The molecule has 0 radical (unpaired) electrons. The zero-order chi connectivity index (χ0) is 15.0. The van der Waals surface area contributed by atoms with Gasteiger partial charge >= 0.3 is 11.9 Å². The number of hydrogen-bond acceptors (Lipinski definition) is 7. The summed E-state index contributed by atoms with van der Waals surface area (Å²) in [4.78, 5) is 45.6. The van der Waals surface area contributed by atoms with Crippen LogP contribution in [0.25, 0.3) is 0 Å². The quantitative estimate of drug-likeness (QED) is 0.455. The summed E-state index contributed by atoms with van der Waals surface area (Å²) in [6.45, 7) is 5.42. The lowest BCUT2D eigenvalue weighted by Crippen LogP contribution is -2.43. The van der Waals surface area contributed by atoms with E-state index in [0.29, 0.717) is 0 Å². The second kappa shape index (κ2) is 8.36. The third-order valence-corrected chi connectivity index (χ3v) is 2.01. The predicted molar refractivity (Wildman–Crippen MR) is 63.3 cm³/mol. The van der Waals surface area contributed by atoms with Gasteiger partial charge in [-0.1, -0.05) is 0 Å². The summed E-state index contributed by atoms with van der Waals surface area (Å²) in [5, 5.41) is 0. The van der Waals surface area contributed by atoms with Crippen LogP contribution in [-0.4, -0.2) is 48.9 Å². The first kappa shape index (κ1) is 17.2. The molecule has 0 saturated carbocycles. The molecule has 0 N–H and O–H groups in total. The summed E-state index contributed by atoms with van der Waals surface area (Å²) in [5.41, 5.74) is 0. The van der Waals surface area contributed by atoms with Crippen LogP contribution >= 0.6 is 0 Å². The summed E-state index contributed by atoms with van der Waals surface area (Å²) >= 11 is 0. The summed E-state index contributed by atoms with van der Waals surface area (Å²) in [6.07, 6.45) is -3.23. The Bertz CT molecular complexity index is 327. The molecule has 0 bridgehead atoms. The summed E-state index contributed by atoms with van der Waals surface area (Å²) in [5.74, 6) is -3.20. The van der Waals surface area contributed by atoms with Crippen molar-refractivity contribution in [3.05, 3.63) is 0 Å². The molecule has 108 valence electrons. The van der Waals surface area contributed by atoms with E-state index in [1.165, 1.54) is 0 Å². The van der Waals surface area contributed by atoms with E-state index >= 15 is 0 Å². The lowest BCUT2D eigenvalue weighted by molar-refractivity contribution is -0.175. The van der Waals surface area contributed by atoms with E-state index < -0.39 is 35.7 Å². The monoisotopic (exact) mass is 274 g/mol. The Labute approximate surface area is 111 Å². The van der Waals surface area contributed by atoms with Crippen LogP contribution in [0.1, 0.15) is 27.7 Å². The molecule has 0 fully saturated rings. The molecule has 2 unspecified atom stereocenters. The van der Waals surface area contributed by atoms with Gasteiger partial charge in [-0.3, -0.25) is 9.59 Å². The number of carbonyl (C=O) groups excluding carboxylic acids is 4. The molecule has 0 aliphatic heterocycles. The van der Waals surface area contributed by atoms with E-state index in [9.17, 15) is 19.2 Å². The zero-order valence-electron chi connectivity index (χ0n) is 11.4. The van der Waals surface area contributed by atoms with Crippen LogP contribution in [0.5, 0.6) is 0 Å². The standard InChI is InChI=1S/C12H18O7/c1-5-17-11(15)9(7(3)13)19-10(8(4)14)12(16)18-6-2/h9-10H,5-6H2,1-4H3. The van der Waals surface area contributed by atoms with Crippen molar-refractivity contribution < 1.29 is 33.4 Å². The molecule has 0 aliphatic rings. The molecule has 0 heterocycles. The first-order chi connectivity index (χ1) is 8.84. The van der Waals surface area contributed by atoms with Gasteiger partial charge in [0.15, 0.2) is 11.6 Å². The van der Waals surface area contributed by atoms with Gasteiger partial charge in [-0.25, -0.2) is 9.59 Å². The van der Waals surface area contributed by atoms with Crippen molar-refractivity contribution in [2.75, 3.05) is 13.2 Å². The highest BCUT2D eigenvalue weighted by molar-refractivity contribution is 6.04. The Hall–Kier alpha value is -1.76. The molecule has 0 aromatic rings. The van der Waals surface area contributed by atoms with Crippen molar-refractivity contribution >= 4 is 23.5 Å². The van der Waals surface area contributed by atoms with E-state index in [0.717, 1.165) is 13.8 Å². The summed E-state index contributed by atoms with van der Waals surface area (Å²) in [6, 6.07) is 0. The van der Waals surface area contributed by atoms with Gasteiger partial charge in [0.1, 0.15) is 0 Å². The number of ether oxygens (including phenoxy) is 3. The number of Topliss-reactive ketones (excluding diaryl/α,β-unsaturated/α-hetero) is 2. The second-order valence-corrected chi connectivity index (χ2v) is 3.62. The van der Waals surface area contributed by atoms with E-state index in [4.69, 9.17) is 4.74 Å². The average molecular weight is 274 g/mol. The minimum atomic E-state index is -1.61. The smallest absolute Gasteiger partial charge is 0.343 e. The molecule has 0 rings (SSSR count). The Balaban J connectivity index is 4.95. The summed E-state index contributed by atoms with van der Waals surface area (Å²) < 4.78 is 14.2. The fraction of sp³-hybridized carbons (Fsp3) is 0.667. The van der Waals surface area contributed by atoms with Gasteiger partial charge < -0.3 is 14.2 Å². The molecule has 0 saturated heterocycles.